The summed E-state index contributed by atoms with van der Waals surface area (Å²) in [6, 6.07) is 16.3. The highest BCUT2D eigenvalue weighted by molar-refractivity contribution is 6.05. The van der Waals surface area contributed by atoms with E-state index in [4.69, 9.17) is 0 Å². The number of pyridine rings is 1. The Morgan fingerprint density at radius 2 is 1.83 bits per heavy atom. The maximum atomic E-state index is 14.5. The minimum absolute atomic E-state index is 0.113. The lowest BCUT2D eigenvalue weighted by Crippen LogP contribution is -2.52. The van der Waals surface area contributed by atoms with Gasteiger partial charge in [-0.15, -0.1) is 0 Å². The zero-order valence-corrected chi connectivity index (χ0v) is 24.4. The van der Waals surface area contributed by atoms with Crippen LogP contribution in [0.4, 0.5) is 5.69 Å². The summed E-state index contributed by atoms with van der Waals surface area (Å²) in [5, 5.41) is 14.0. The predicted molar refractivity (Wildman–Crippen MR) is 162 cm³/mol. The van der Waals surface area contributed by atoms with Crippen molar-refractivity contribution in [3.8, 4) is 0 Å². The monoisotopic (exact) mass is 566 g/mol. The molecule has 42 heavy (non-hydrogen) atoms. The highest BCUT2D eigenvalue weighted by Gasteiger charge is 2.43. The van der Waals surface area contributed by atoms with E-state index < -0.39 is 30.1 Å². The van der Waals surface area contributed by atoms with Crippen molar-refractivity contribution in [3.63, 3.8) is 0 Å². The Balaban J connectivity index is 1.60. The third-order valence-corrected chi connectivity index (χ3v) is 8.25. The van der Waals surface area contributed by atoms with Crippen LogP contribution in [0.25, 0.3) is 0 Å². The van der Waals surface area contributed by atoms with Gasteiger partial charge in [-0.3, -0.25) is 24.3 Å². The van der Waals surface area contributed by atoms with Crippen LogP contribution in [0.1, 0.15) is 68.0 Å². The fourth-order valence-corrected chi connectivity index (χ4v) is 6.03. The first-order chi connectivity index (χ1) is 20.1. The molecule has 1 saturated heterocycles. The number of aromatic nitrogens is 1. The predicted octanol–water partition coefficient (Wildman–Crippen LogP) is 4.40. The van der Waals surface area contributed by atoms with Gasteiger partial charge < -0.3 is 15.3 Å². The molecule has 218 valence electrons. The SMILES string of the molecule is C=CC(=O)N1CCCC1C(=O)N(c1ccc(C(C)(C)C)cc1)C(C(=O)NC1c2ccccc2CC1O)c1cccnc1. The molecule has 2 aromatic carbocycles. The van der Waals surface area contributed by atoms with Crippen LogP contribution in [0.2, 0.25) is 0 Å². The van der Waals surface area contributed by atoms with Gasteiger partial charge in [-0.25, -0.2) is 0 Å². The highest BCUT2D eigenvalue weighted by Crippen LogP contribution is 2.36. The number of hydrogen-bond acceptors (Lipinski definition) is 5. The molecule has 2 N–H and O–H groups in total. The second-order valence-corrected chi connectivity index (χ2v) is 12.0. The molecular weight excluding hydrogens is 528 g/mol. The lowest BCUT2D eigenvalue weighted by atomic mass is 9.87. The molecule has 2 heterocycles. The molecule has 1 aromatic heterocycles. The summed E-state index contributed by atoms with van der Waals surface area (Å²) in [6.07, 6.45) is 5.18. The van der Waals surface area contributed by atoms with Crippen LogP contribution < -0.4 is 10.2 Å². The Morgan fingerprint density at radius 3 is 2.50 bits per heavy atom. The van der Waals surface area contributed by atoms with Gasteiger partial charge in [-0.05, 0) is 59.2 Å². The van der Waals surface area contributed by atoms with Crippen molar-refractivity contribution in [1.82, 2.24) is 15.2 Å². The van der Waals surface area contributed by atoms with Gasteiger partial charge in [0, 0.05) is 36.6 Å². The number of hydrogen-bond donors (Lipinski definition) is 2. The van der Waals surface area contributed by atoms with Crippen LogP contribution in [0.3, 0.4) is 0 Å². The zero-order valence-electron chi connectivity index (χ0n) is 24.4. The van der Waals surface area contributed by atoms with E-state index in [1.165, 1.54) is 15.9 Å². The number of anilines is 1. The molecule has 0 spiro atoms. The molecule has 1 aliphatic carbocycles. The van der Waals surface area contributed by atoms with Crippen LogP contribution in [-0.2, 0) is 26.2 Å². The molecule has 5 rings (SSSR count). The van der Waals surface area contributed by atoms with E-state index in [9.17, 15) is 19.5 Å². The van der Waals surface area contributed by atoms with E-state index in [0.717, 1.165) is 16.7 Å². The summed E-state index contributed by atoms with van der Waals surface area (Å²) >= 11 is 0. The van der Waals surface area contributed by atoms with E-state index in [2.05, 4.69) is 37.7 Å². The number of nitrogens with zero attached hydrogens (tertiary/aromatic N) is 3. The van der Waals surface area contributed by atoms with Crippen molar-refractivity contribution in [2.75, 3.05) is 11.4 Å². The molecule has 3 aromatic rings. The molecule has 4 atom stereocenters. The van der Waals surface area contributed by atoms with Crippen LogP contribution in [-0.4, -0.2) is 51.4 Å². The molecule has 8 heteroatoms. The molecular formula is C34H38N4O4. The second-order valence-electron chi connectivity index (χ2n) is 12.0. The van der Waals surface area contributed by atoms with E-state index in [1.807, 2.05) is 48.5 Å². The first-order valence-electron chi connectivity index (χ1n) is 14.4. The first kappa shape index (κ1) is 29.2. The summed E-state index contributed by atoms with van der Waals surface area (Å²) in [5.74, 6) is -1.12. The molecule has 2 aliphatic rings. The molecule has 8 nitrogen and oxygen atoms in total. The van der Waals surface area contributed by atoms with Gasteiger partial charge in [0.15, 0.2) is 0 Å². The first-order valence-corrected chi connectivity index (χ1v) is 14.4. The minimum Gasteiger partial charge on any atom is -0.390 e. The summed E-state index contributed by atoms with van der Waals surface area (Å²) < 4.78 is 0. The maximum absolute atomic E-state index is 14.5. The molecule has 4 unspecified atom stereocenters. The van der Waals surface area contributed by atoms with Gasteiger partial charge in [-0.1, -0.05) is 69.8 Å². The number of aliphatic hydroxyl groups is 1. The smallest absolute Gasteiger partial charge is 0.250 e. The number of carbonyl (C=O) groups is 3. The van der Waals surface area contributed by atoms with Gasteiger partial charge in [0.1, 0.15) is 12.1 Å². The Labute approximate surface area is 247 Å². The standard InChI is InChI=1S/C34H38N4O4/c1-5-29(40)37-19-9-13-27(37)33(42)38(25-16-14-24(15-17-25)34(2,3)4)31(23-11-8-18-35-21-23)32(41)36-30-26-12-7-6-10-22(26)20-28(30)39/h5-8,10-12,14-18,21,27-28,30-31,39H,1,9,13,19-20H2,2-4H3,(H,36,41). The number of carbonyl (C=O) groups excluding carboxylic acids is 3. The number of rotatable bonds is 7. The number of nitrogens with one attached hydrogen (secondary N) is 1. The lowest BCUT2D eigenvalue weighted by molar-refractivity contribution is -0.135. The van der Waals surface area contributed by atoms with Crippen molar-refractivity contribution < 1.29 is 19.5 Å². The summed E-state index contributed by atoms with van der Waals surface area (Å²) in [7, 11) is 0. The highest BCUT2D eigenvalue weighted by atomic mass is 16.3. The average Bonchev–Trinajstić information content (AvgIpc) is 3.60. The van der Waals surface area contributed by atoms with Crippen LogP contribution in [0.5, 0.6) is 0 Å². The summed E-state index contributed by atoms with van der Waals surface area (Å²) in [5.41, 5.74) is 3.85. The van der Waals surface area contributed by atoms with Crippen molar-refractivity contribution in [2.45, 2.75) is 69.7 Å². The van der Waals surface area contributed by atoms with E-state index >= 15 is 0 Å². The van der Waals surface area contributed by atoms with Gasteiger partial charge in [0.2, 0.25) is 11.8 Å². The van der Waals surface area contributed by atoms with Gasteiger partial charge in [0.25, 0.3) is 5.91 Å². The minimum atomic E-state index is -1.10. The number of amides is 3. The Kier molecular flexibility index (Phi) is 8.27. The number of likely N-dealkylation sites (tertiary alicyclic amines) is 1. The van der Waals surface area contributed by atoms with Crippen molar-refractivity contribution in [1.29, 1.82) is 0 Å². The molecule has 0 saturated carbocycles. The molecule has 1 fully saturated rings. The quantitative estimate of drug-likeness (QED) is 0.413. The Morgan fingerprint density at radius 1 is 1.10 bits per heavy atom. The normalized spacial score (nSPS) is 20.5. The molecule has 0 bridgehead atoms. The number of benzene rings is 2. The van der Waals surface area contributed by atoms with Crippen LogP contribution >= 0.6 is 0 Å². The summed E-state index contributed by atoms with van der Waals surface area (Å²) in [6.45, 7) is 10.4. The van der Waals surface area contributed by atoms with Gasteiger partial charge in [0.05, 0.1) is 12.1 Å². The van der Waals surface area contributed by atoms with Crippen LogP contribution in [0, 0.1) is 0 Å². The largest absolute Gasteiger partial charge is 0.390 e. The zero-order chi connectivity index (χ0) is 30.0. The molecule has 1 aliphatic heterocycles. The Bertz CT molecular complexity index is 1460. The van der Waals surface area contributed by atoms with Crippen LogP contribution in [0.15, 0.2) is 85.7 Å². The second kappa shape index (κ2) is 11.9. The number of fused-ring (bicyclic) bond motifs is 1. The maximum Gasteiger partial charge on any atom is 0.250 e. The summed E-state index contributed by atoms with van der Waals surface area (Å²) in [4.78, 5) is 48.9. The lowest BCUT2D eigenvalue weighted by Gasteiger charge is -2.36. The van der Waals surface area contributed by atoms with Gasteiger partial charge in [-0.2, -0.15) is 0 Å². The average molecular weight is 567 g/mol. The van der Waals surface area contributed by atoms with E-state index in [1.54, 1.807) is 24.5 Å². The third-order valence-electron chi connectivity index (χ3n) is 8.25. The van der Waals surface area contributed by atoms with Crippen molar-refractivity contribution in [2.24, 2.45) is 0 Å². The van der Waals surface area contributed by atoms with Gasteiger partial charge >= 0.3 is 0 Å². The third kappa shape index (κ3) is 5.72. The van der Waals surface area contributed by atoms with E-state index in [-0.39, 0.29) is 17.2 Å². The fourth-order valence-electron chi connectivity index (χ4n) is 6.03. The molecule has 3 amide bonds. The molecule has 0 radical (unpaired) electrons. The topological polar surface area (TPSA) is 103 Å². The fraction of sp³-hybridized carbons (Fsp3) is 0.353. The van der Waals surface area contributed by atoms with Crippen molar-refractivity contribution in [3.05, 3.63) is 108 Å². The van der Waals surface area contributed by atoms with Crippen molar-refractivity contribution >= 4 is 23.4 Å². The Hall–Kier alpha value is -4.30. The number of aliphatic hydroxyl groups excluding tert-OH is 1. The van der Waals surface area contributed by atoms with E-state index in [0.29, 0.717) is 37.1 Å².